The molecule has 208 valence electrons. The van der Waals surface area contributed by atoms with Gasteiger partial charge < -0.3 is 25.2 Å². The third-order valence-corrected chi connectivity index (χ3v) is 8.68. The van der Waals surface area contributed by atoms with Gasteiger partial charge in [-0.3, -0.25) is 4.79 Å². The molecule has 0 radical (unpaired) electrons. The maximum absolute atomic E-state index is 13.4. The Hall–Kier alpha value is -2.12. The number of methoxy groups -OCH3 is 1. The topological polar surface area (TPSA) is 85.0 Å². The lowest BCUT2D eigenvalue weighted by atomic mass is 9.73. The van der Waals surface area contributed by atoms with E-state index in [1.165, 1.54) is 0 Å². The van der Waals surface area contributed by atoms with Gasteiger partial charge in [0.15, 0.2) is 5.75 Å². The van der Waals surface area contributed by atoms with E-state index in [1.807, 2.05) is 41.3 Å². The highest BCUT2D eigenvalue weighted by Gasteiger charge is 2.44. The van der Waals surface area contributed by atoms with Gasteiger partial charge in [-0.15, -0.1) is 0 Å². The summed E-state index contributed by atoms with van der Waals surface area (Å²) >= 11 is 6.75. The fourth-order valence-electron chi connectivity index (χ4n) is 6.22. The number of ether oxygens (including phenoxy) is 2. The molecule has 0 bridgehead atoms. The summed E-state index contributed by atoms with van der Waals surface area (Å²) in [6, 6.07) is 13.7. The molecular weight excluding hydrogens is 500 g/mol. The maximum atomic E-state index is 13.4. The Balaban J connectivity index is 1.66. The summed E-state index contributed by atoms with van der Waals surface area (Å²) in [5, 5.41) is 13.1. The van der Waals surface area contributed by atoms with E-state index in [0.29, 0.717) is 35.9 Å². The molecule has 2 aromatic rings. The molecular formula is C31H43ClN2O4. The van der Waals surface area contributed by atoms with Gasteiger partial charge in [0.25, 0.3) is 0 Å². The number of likely N-dealkylation sites (tertiary alicyclic amines) is 1. The summed E-state index contributed by atoms with van der Waals surface area (Å²) in [5.74, 6) is 1.27. The average molecular weight is 543 g/mol. The fourth-order valence-corrected chi connectivity index (χ4v) is 6.44. The van der Waals surface area contributed by atoms with E-state index in [9.17, 15) is 9.90 Å². The van der Waals surface area contributed by atoms with Crippen molar-refractivity contribution < 1.29 is 19.4 Å². The van der Waals surface area contributed by atoms with Crippen LogP contribution in [0.2, 0.25) is 5.02 Å². The Labute approximate surface area is 232 Å². The van der Waals surface area contributed by atoms with E-state index in [-0.39, 0.29) is 23.8 Å². The van der Waals surface area contributed by atoms with Crippen molar-refractivity contribution in [3.63, 3.8) is 0 Å². The molecule has 1 saturated heterocycles. The van der Waals surface area contributed by atoms with Crippen molar-refractivity contribution in [1.82, 2.24) is 4.90 Å². The predicted molar refractivity (Wildman–Crippen MR) is 152 cm³/mol. The summed E-state index contributed by atoms with van der Waals surface area (Å²) in [6.45, 7) is 3.97. The van der Waals surface area contributed by atoms with Crippen molar-refractivity contribution >= 4 is 17.5 Å². The SMILES string of the molecule is CCc1ccccc1Oc1c(Cl)cccc1[C@](O)(CCCCOC)[C@@H]1CCCN(C(=O)C2CCC(N)C2)C1. The summed E-state index contributed by atoms with van der Waals surface area (Å²) in [6.07, 6.45) is 7.16. The molecule has 7 heteroatoms. The van der Waals surface area contributed by atoms with E-state index in [2.05, 4.69) is 6.92 Å². The zero-order valence-electron chi connectivity index (χ0n) is 22.8. The number of nitrogens with zero attached hydrogens (tertiary/aromatic N) is 1. The molecule has 2 aliphatic rings. The molecule has 1 aliphatic carbocycles. The molecule has 2 aromatic carbocycles. The first kappa shape index (κ1) is 28.9. The minimum Gasteiger partial charge on any atom is -0.455 e. The van der Waals surface area contributed by atoms with Gasteiger partial charge in [-0.1, -0.05) is 48.9 Å². The number of nitrogens with two attached hydrogens (primary N) is 1. The molecule has 0 aromatic heterocycles. The van der Waals surface area contributed by atoms with Crippen LogP contribution in [0.5, 0.6) is 11.5 Å². The van der Waals surface area contributed by atoms with Crippen LogP contribution in [0.3, 0.4) is 0 Å². The van der Waals surface area contributed by atoms with Crippen molar-refractivity contribution in [2.45, 2.75) is 76.4 Å². The van der Waals surface area contributed by atoms with Gasteiger partial charge in [-0.25, -0.2) is 0 Å². The minimum absolute atomic E-state index is 0.00541. The van der Waals surface area contributed by atoms with Gasteiger partial charge in [0, 0.05) is 50.2 Å². The fraction of sp³-hybridized carbons (Fsp3) is 0.581. The van der Waals surface area contributed by atoms with Crippen molar-refractivity contribution in [2.24, 2.45) is 17.6 Å². The van der Waals surface area contributed by atoms with Crippen LogP contribution in [0.4, 0.5) is 0 Å². The van der Waals surface area contributed by atoms with Crippen LogP contribution in [0.15, 0.2) is 42.5 Å². The quantitative estimate of drug-likeness (QED) is 0.337. The molecule has 1 aliphatic heterocycles. The molecule has 38 heavy (non-hydrogen) atoms. The van der Waals surface area contributed by atoms with Gasteiger partial charge in [0.1, 0.15) is 5.75 Å². The number of para-hydroxylation sites is 2. The van der Waals surface area contributed by atoms with Crippen LogP contribution in [0.25, 0.3) is 0 Å². The van der Waals surface area contributed by atoms with Crippen LogP contribution in [0.1, 0.15) is 69.4 Å². The number of unbranched alkanes of at least 4 members (excludes halogenated alkanes) is 1. The Morgan fingerprint density at radius 3 is 2.71 bits per heavy atom. The van der Waals surface area contributed by atoms with Crippen molar-refractivity contribution in [1.29, 1.82) is 0 Å². The molecule has 1 amide bonds. The molecule has 2 unspecified atom stereocenters. The zero-order chi connectivity index (χ0) is 27.1. The lowest BCUT2D eigenvalue weighted by Gasteiger charge is -2.44. The number of carbonyl (C=O) groups is 1. The van der Waals surface area contributed by atoms with E-state index in [4.69, 9.17) is 26.8 Å². The summed E-state index contributed by atoms with van der Waals surface area (Å²) < 4.78 is 11.8. The Kier molecular flexibility index (Phi) is 10.1. The Morgan fingerprint density at radius 1 is 1.16 bits per heavy atom. The lowest BCUT2D eigenvalue weighted by Crippen LogP contribution is -2.49. The summed E-state index contributed by atoms with van der Waals surface area (Å²) in [4.78, 5) is 15.4. The number of amides is 1. The molecule has 6 nitrogen and oxygen atoms in total. The third kappa shape index (κ3) is 6.53. The summed E-state index contributed by atoms with van der Waals surface area (Å²) in [5.41, 5.74) is 6.67. The second-order valence-corrected chi connectivity index (χ2v) is 11.4. The number of benzene rings is 2. The molecule has 0 spiro atoms. The van der Waals surface area contributed by atoms with Crippen LogP contribution in [-0.2, 0) is 21.6 Å². The molecule has 2 fully saturated rings. The number of aryl methyl sites for hydroxylation is 1. The van der Waals surface area contributed by atoms with Crippen molar-refractivity contribution in [3.8, 4) is 11.5 Å². The van der Waals surface area contributed by atoms with Crippen molar-refractivity contribution in [2.75, 3.05) is 26.8 Å². The largest absolute Gasteiger partial charge is 0.455 e. The minimum atomic E-state index is -1.21. The van der Waals surface area contributed by atoms with Gasteiger partial charge in [0.2, 0.25) is 5.91 Å². The van der Waals surface area contributed by atoms with E-state index in [0.717, 1.165) is 69.2 Å². The van der Waals surface area contributed by atoms with Gasteiger partial charge >= 0.3 is 0 Å². The second-order valence-electron chi connectivity index (χ2n) is 10.9. The Bertz CT molecular complexity index is 1080. The van der Waals surface area contributed by atoms with Gasteiger partial charge in [0.05, 0.1) is 10.6 Å². The average Bonchev–Trinajstić information content (AvgIpc) is 3.38. The highest BCUT2D eigenvalue weighted by molar-refractivity contribution is 6.32. The number of aliphatic hydroxyl groups is 1. The number of carbonyl (C=O) groups excluding carboxylic acids is 1. The first-order chi connectivity index (χ1) is 18.4. The van der Waals surface area contributed by atoms with E-state index in [1.54, 1.807) is 13.2 Å². The first-order valence-corrected chi connectivity index (χ1v) is 14.6. The molecule has 4 rings (SSSR count). The molecule has 4 atom stereocenters. The predicted octanol–water partition coefficient (Wildman–Crippen LogP) is 6.07. The van der Waals surface area contributed by atoms with Gasteiger partial charge in [-0.2, -0.15) is 0 Å². The van der Waals surface area contributed by atoms with Crippen LogP contribution in [0, 0.1) is 11.8 Å². The number of hydrogen-bond acceptors (Lipinski definition) is 5. The maximum Gasteiger partial charge on any atom is 0.225 e. The number of piperidine rings is 1. The third-order valence-electron chi connectivity index (χ3n) is 8.39. The van der Waals surface area contributed by atoms with Crippen molar-refractivity contribution in [3.05, 3.63) is 58.6 Å². The zero-order valence-corrected chi connectivity index (χ0v) is 23.6. The molecule has 1 heterocycles. The first-order valence-electron chi connectivity index (χ1n) is 14.2. The number of halogens is 1. The second kappa shape index (κ2) is 13.3. The number of rotatable bonds is 11. The van der Waals surface area contributed by atoms with Crippen LogP contribution in [-0.4, -0.2) is 48.8 Å². The smallest absolute Gasteiger partial charge is 0.225 e. The van der Waals surface area contributed by atoms with E-state index >= 15 is 0 Å². The monoisotopic (exact) mass is 542 g/mol. The number of hydrogen-bond donors (Lipinski definition) is 2. The molecule has 1 saturated carbocycles. The Morgan fingerprint density at radius 2 is 1.97 bits per heavy atom. The van der Waals surface area contributed by atoms with E-state index < -0.39 is 5.60 Å². The van der Waals surface area contributed by atoms with Crippen LogP contribution >= 0.6 is 11.6 Å². The normalized spacial score (nSPS) is 23.3. The highest BCUT2D eigenvalue weighted by atomic mass is 35.5. The summed E-state index contributed by atoms with van der Waals surface area (Å²) in [7, 11) is 1.69. The standard InChI is InChI=1S/C31H43ClN2O4/c1-3-22-10-4-5-14-28(22)38-29-26(12-8-13-27(29)32)31(36,17-6-7-19-37-2)24-11-9-18-34(21-24)30(35)23-15-16-25(33)20-23/h4-5,8,10,12-14,23-25,36H,3,6-7,9,11,15-21,33H2,1-2H3/t23?,24-,25?,31+/m1/s1. The van der Waals surface area contributed by atoms with Crippen LogP contribution < -0.4 is 10.5 Å². The lowest BCUT2D eigenvalue weighted by molar-refractivity contribution is -0.141. The van der Waals surface area contributed by atoms with Gasteiger partial charge in [-0.05, 0) is 75.5 Å². The molecule has 3 N–H and O–H groups in total. The highest BCUT2D eigenvalue weighted by Crippen LogP contribution is 2.47.